The number of nitrogens with zero attached hydrogens (tertiary/aromatic N) is 2. The first-order valence-electron chi connectivity index (χ1n) is 12.3. The topological polar surface area (TPSA) is 83.5 Å². The quantitative estimate of drug-likeness (QED) is 0.389. The molecule has 0 saturated carbocycles. The predicted molar refractivity (Wildman–Crippen MR) is 146 cm³/mol. The highest BCUT2D eigenvalue weighted by Crippen LogP contribution is 2.28. The van der Waals surface area contributed by atoms with E-state index in [2.05, 4.69) is 28.4 Å². The van der Waals surface area contributed by atoms with Gasteiger partial charge in [0.2, 0.25) is 5.88 Å². The molecule has 1 aliphatic heterocycles. The van der Waals surface area contributed by atoms with Crippen LogP contribution >= 0.6 is 0 Å². The largest absolute Gasteiger partial charge is 0.493 e. The van der Waals surface area contributed by atoms with Crippen molar-refractivity contribution in [1.82, 2.24) is 15.3 Å². The van der Waals surface area contributed by atoms with Crippen molar-refractivity contribution in [1.29, 1.82) is 0 Å². The van der Waals surface area contributed by atoms with Crippen LogP contribution in [0.25, 0.3) is 11.8 Å². The molecule has 198 valence electrons. The number of carboxylic acid groups (broad SMARTS) is 1. The van der Waals surface area contributed by atoms with Crippen molar-refractivity contribution in [2.45, 2.75) is 19.3 Å². The molecule has 2 aromatic carbocycles. The normalized spacial score (nSPS) is 13.3. The summed E-state index contributed by atoms with van der Waals surface area (Å²) in [4.78, 5) is 13.0. The Morgan fingerprint density at radius 2 is 1.76 bits per heavy atom. The molecule has 0 saturated heterocycles. The summed E-state index contributed by atoms with van der Waals surface area (Å²) in [6, 6.07) is 14.1. The minimum atomic E-state index is -0.839. The van der Waals surface area contributed by atoms with E-state index in [-0.39, 0.29) is 6.42 Å². The third-order valence-electron chi connectivity index (χ3n) is 6.11. The van der Waals surface area contributed by atoms with Crippen LogP contribution in [-0.2, 0) is 16.0 Å². The number of aliphatic carboxylic acids is 1. The highest BCUT2D eigenvalue weighted by atomic mass is 16.5. The maximum atomic E-state index is 10.7. The number of ether oxygens (including phenoxy) is 3. The lowest BCUT2D eigenvalue weighted by molar-refractivity contribution is -0.135. The zero-order chi connectivity index (χ0) is 26.6. The number of allylic oxidation sites excluding steroid dienone is 2. The Hall–Kier alpha value is -3.91. The van der Waals surface area contributed by atoms with Gasteiger partial charge in [0.05, 0.1) is 33.4 Å². The molecule has 8 heteroatoms. The molecule has 0 bridgehead atoms. The molecule has 0 atom stereocenters. The van der Waals surface area contributed by atoms with Crippen molar-refractivity contribution < 1.29 is 24.1 Å². The lowest BCUT2D eigenvalue weighted by atomic mass is 10.1. The summed E-state index contributed by atoms with van der Waals surface area (Å²) >= 11 is 0. The van der Waals surface area contributed by atoms with Crippen LogP contribution in [0.15, 0.2) is 66.6 Å². The van der Waals surface area contributed by atoms with E-state index in [1.165, 1.54) is 5.56 Å². The van der Waals surface area contributed by atoms with E-state index in [9.17, 15) is 4.79 Å². The van der Waals surface area contributed by atoms with Gasteiger partial charge >= 0.3 is 5.97 Å². The molecular formula is C29H37N3O5. The number of methoxy groups -OCH3 is 3. The monoisotopic (exact) mass is 507 g/mol. The molecule has 1 heterocycles. The molecule has 0 spiro atoms. The number of carbonyl (C=O) groups is 1. The Morgan fingerprint density at radius 3 is 2.43 bits per heavy atom. The summed E-state index contributed by atoms with van der Waals surface area (Å²) in [5.41, 5.74) is 7.64. The van der Waals surface area contributed by atoms with E-state index in [0.717, 1.165) is 60.8 Å². The van der Waals surface area contributed by atoms with Crippen molar-refractivity contribution in [2.75, 3.05) is 48.0 Å². The van der Waals surface area contributed by atoms with Gasteiger partial charge in [0.15, 0.2) is 11.5 Å². The second-order valence-electron chi connectivity index (χ2n) is 8.77. The fourth-order valence-corrected chi connectivity index (χ4v) is 4.04. The summed E-state index contributed by atoms with van der Waals surface area (Å²) < 4.78 is 16.2. The van der Waals surface area contributed by atoms with Crippen LogP contribution in [0.4, 0.5) is 0 Å². The van der Waals surface area contributed by atoms with E-state index in [1.54, 1.807) is 27.4 Å². The number of hydrogen-bond acceptors (Lipinski definition) is 7. The number of carboxylic acids is 1. The van der Waals surface area contributed by atoms with Gasteiger partial charge in [0.25, 0.3) is 0 Å². The number of nitrogens with one attached hydrogen (secondary N) is 1. The van der Waals surface area contributed by atoms with E-state index in [0.29, 0.717) is 5.88 Å². The first-order valence-corrected chi connectivity index (χ1v) is 12.3. The maximum Gasteiger partial charge on any atom is 0.307 e. The van der Waals surface area contributed by atoms with Crippen LogP contribution in [0.2, 0.25) is 0 Å². The van der Waals surface area contributed by atoms with Crippen molar-refractivity contribution in [3.8, 4) is 11.5 Å². The first kappa shape index (κ1) is 27.7. The minimum absolute atomic E-state index is 0.0118. The number of benzene rings is 2. The van der Waals surface area contributed by atoms with Crippen LogP contribution in [-0.4, -0.2) is 69.0 Å². The van der Waals surface area contributed by atoms with Gasteiger partial charge in [-0.1, -0.05) is 42.5 Å². The molecule has 0 aromatic heterocycles. The highest BCUT2D eigenvalue weighted by Gasteiger charge is 2.17. The summed E-state index contributed by atoms with van der Waals surface area (Å²) in [5, 5.41) is 10.9. The van der Waals surface area contributed by atoms with E-state index >= 15 is 0 Å². The van der Waals surface area contributed by atoms with Crippen molar-refractivity contribution >= 4 is 17.7 Å². The fourth-order valence-electron chi connectivity index (χ4n) is 4.04. The Morgan fingerprint density at radius 1 is 1.00 bits per heavy atom. The second kappa shape index (κ2) is 14.0. The average Bonchev–Trinajstić information content (AvgIpc) is 2.92. The molecule has 0 fully saturated rings. The van der Waals surface area contributed by atoms with E-state index < -0.39 is 5.97 Å². The smallest absolute Gasteiger partial charge is 0.307 e. The number of hydrazine groups is 1. The van der Waals surface area contributed by atoms with Gasteiger partial charge in [-0.3, -0.25) is 15.2 Å². The predicted octanol–water partition coefficient (Wildman–Crippen LogP) is 4.41. The van der Waals surface area contributed by atoms with Crippen LogP contribution < -0.4 is 14.9 Å². The van der Waals surface area contributed by atoms with Gasteiger partial charge in [0.1, 0.15) is 0 Å². The maximum absolute atomic E-state index is 10.7. The summed E-state index contributed by atoms with van der Waals surface area (Å²) in [6.07, 6.45) is 9.34. The van der Waals surface area contributed by atoms with Crippen molar-refractivity contribution in [3.63, 3.8) is 0 Å². The lowest BCUT2D eigenvalue weighted by Gasteiger charge is -2.32. The molecule has 0 aliphatic carbocycles. The summed E-state index contributed by atoms with van der Waals surface area (Å²) in [6.45, 7) is 2.68. The zero-order valence-corrected chi connectivity index (χ0v) is 22.1. The molecule has 8 nitrogen and oxygen atoms in total. The molecule has 0 amide bonds. The summed E-state index contributed by atoms with van der Waals surface area (Å²) in [7, 11) is 7.09. The van der Waals surface area contributed by atoms with E-state index in [1.807, 2.05) is 54.6 Å². The summed E-state index contributed by atoms with van der Waals surface area (Å²) in [5.74, 6) is 1.35. The third-order valence-corrected chi connectivity index (χ3v) is 6.11. The Bertz CT molecular complexity index is 1120. The molecular weight excluding hydrogens is 470 g/mol. The Balaban J connectivity index is 1.55. The van der Waals surface area contributed by atoms with Crippen LogP contribution in [0.1, 0.15) is 29.5 Å². The van der Waals surface area contributed by atoms with Crippen LogP contribution in [0.3, 0.4) is 0 Å². The van der Waals surface area contributed by atoms with Gasteiger partial charge in [0, 0.05) is 19.2 Å². The Labute approximate surface area is 219 Å². The van der Waals surface area contributed by atoms with E-state index in [4.69, 9.17) is 19.3 Å². The molecule has 1 aliphatic rings. The second-order valence-corrected chi connectivity index (χ2v) is 8.77. The van der Waals surface area contributed by atoms with Gasteiger partial charge in [-0.2, -0.15) is 0 Å². The Kier molecular flexibility index (Phi) is 10.5. The number of hydrogen-bond donors (Lipinski definition) is 2. The highest BCUT2D eigenvalue weighted by molar-refractivity contribution is 5.71. The average molecular weight is 508 g/mol. The molecule has 3 rings (SSSR count). The molecule has 2 aromatic rings. The van der Waals surface area contributed by atoms with Crippen molar-refractivity contribution in [2.24, 2.45) is 0 Å². The van der Waals surface area contributed by atoms with Gasteiger partial charge in [-0.05, 0) is 61.3 Å². The molecule has 37 heavy (non-hydrogen) atoms. The van der Waals surface area contributed by atoms with Gasteiger partial charge in [-0.15, -0.1) is 0 Å². The van der Waals surface area contributed by atoms with Crippen molar-refractivity contribution in [3.05, 3.63) is 83.3 Å². The minimum Gasteiger partial charge on any atom is -0.493 e. The number of likely N-dealkylation sites (N-methyl/N-ethyl adjacent to an activating group) is 1. The van der Waals surface area contributed by atoms with Crippen LogP contribution in [0.5, 0.6) is 11.5 Å². The SMILES string of the molecule is COC1=CC=C(c2ccc(/C=C/CC(=O)O)cc2)N(CCCN(C)CCc2ccc(OC)c(OC)c2)N1. The molecule has 2 N–H and O–H groups in total. The van der Waals surface area contributed by atoms with Gasteiger partial charge in [-0.25, -0.2) is 0 Å². The lowest BCUT2D eigenvalue weighted by Crippen LogP contribution is -2.40. The standard InChI is InChI=1S/C29H37N3O5/c1-31(20-17-23-11-15-26(35-2)27(21-23)36-3)18-6-19-32-25(14-16-28(30-32)37-4)24-12-9-22(10-13-24)7-5-8-29(33)34/h5,7,9-16,21,30H,6,8,17-20H2,1-4H3,(H,33,34)/b7-5+. The van der Waals surface area contributed by atoms with Crippen LogP contribution in [0, 0.1) is 0 Å². The fraction of sp³-hybridized carbons (Fsp3) is 0.345. The molecule has 0 radical (unpaired) electrons. The zero-order valence-electron chi connectivity index (χ0n) is 22.1. The number of rotatable bonds is 14. The van der Waals surface area contributed by atoms with Gasteiger partial charge < -0.3 is 24.2 Å². The molecule has 0 unspecified atom stereocenters. The third kappa shape index (κ3) is 8.32. The first-order chi connectivity index (χ1) is 17.9.